The summed E-state index contributed by atoms with van der Waals surface area (Å²) >= 11 is 0. The smallest absolute Gasteiger partial charge is 0.238 e. The monoisotopic (exact) mass is 415 g/mol. The summed E-state index contributed by atoms with van der Waals surface area (Å²) in [5, 5.41) is 7.90. The fourth-order valence-corrected chi connectivity index (χ4v) is 4.27. The zero-order valence-corrected chi connectivity index (χ0v) is 17.6. The van der Waals surface area contributed by atoms with Crippen LogP contribution < -0.4 is 10.5 Å². The number of rotatable bonds is 7. The molecular formula is C22H29N3O3S. The van der Waals surface area contributed by atoms with Crippen LogP contribution in [0, 0.1) is 12.8 Å². The highest BCUT2D eigenvalue weighted by atomic mass is 32.2. The third-order valence-electron chi connectivity index (χ3n) is 5.48. The van der Waals surface area contributed by atoms with Gasteiger partial charge in [0.15, 0.2) is 0 Å². The standard InChI is InChI=1S/C22H29N3O3S/c1-17-5-7-18(8-6-17)9-10-19-11-13-25(14-12-19)16-22(26)24-20-3-2-4-21(15-20)29(23,27)28/h2-8,15,19H,9-14,16H2,1H3,(H,24,26)(H2,23,27,28). The number of amides is 1. The number of primary sulfonamides is 1. The normalized spacial score (nSPS) is 15.9. The number of anilines is 1. The molecule has 0 bridgehead atoms. The molecule has 156 valence electrons. The zero-order chi connectivity index (χ0) is 20.9. The van der Waals surface area contributed by atoms with Crippen LogP contribution in [0.1, 0.15) is 30.4 Å². The molecule has 6 nitrogen and oxygen atoms in total. The second-order valence-corrected chi connectivity index (χ2v) is 9.43. The summed E-state index contributed by atoms with van der Waals surface area (Å²) in [7, 11) is -3.78. The van der Waals surface area contributed by atoms with Gasteiger partial charge in [-0.1, -0.05) is 35.9 Å². The molecule has 0 aliphatic carbocycles. The van der Waals surface area contributed by atoms with Gasteiger partial charge < -0.3 is 5.32 Å². The summed E-state index contributed by atoms with van der Waals surface area (Å²) in [6.07, 6.45) is 4.48. The Bertz CT molecular complexity index is 934. The van der Waals surface area contributed by atoms with Crippen LogP contribution in [0.2, 0.25) is 0 Å². The lowest BCUT2D eigenvalue weighted by molar-refractivity contribution is -0.117. The van der Waals surface area contributed by atoms with Crippen LogP contribution in [0.4, 0.5) is 5.69 Å². The van der Waals surface area contributed by atoms with Gasteiger partial charge in [-0.25, -0.2) is 13.6 Å². The van der Waals surface area contributed by atoms with Crippen LogP contribution in [0.3, 0.4) is 0 Å². The minimum atomic E-state index is -3.78. The lowest BCUT2D eigenvalue weighted by atomic mass is 9.90. The lowest BCUT2D eigenvalue weighted by Gasteiger charge is -2.31. The van der Waals surface area contributed by atoms with E-state index in [2.05, 4.69) is 41.4 Å². The van der Waals surface area contributed by atoms with Crippen LogP contribution >= 0.6 is 0 Å². The van der Waals surface area contributed by atoms with Crippen molar-refractivity contribution >= 4 is 21.6 Å². The molecule has 3 N–H and O–H groups in total. The minimum absolute atomic E-state index is 0.00955. The second-order valence-electron chi connectivity index (χ2n) is 7.86. The van der Waals surface area contributed by atoms with E-state index in [1.165, 1.54) is 29.7 Å². The van der Waals surface area contributed by atoms with E-state index >= 15 is 0 Å². The Morgan fingerprint density at radius 3 is 2.48 bits per heavy atom. The fraction of sp³-hybridized carbons (Fsp3) is 0.409. The molecule has 0 saturated carbocycles. The number of nitrogens with one attached hydrogen (secondary N) is 1. The highest BCUT2D eigenvalue weighted by Crippen LogP contribution is 2.22. The van der Waals surface area contributed by atoms with Crippen LogP contribution in [-0.2, 0) is 21.2 Å². The summed E-state index contributed by atoms with van der Waals surface area (Å²) in [5.74, 6) is 0.553. The zero-order valence-electron chi connectivity index (χ0n) is 16.8. The van der Waals surface area contributed by atoms with Crippen molar-refractivity contribution in [3.8, 4) is 0 Å². The van der Waals surface area contributed by atoms with Gasteiger partial charge in [0.1, 0.15) is 0 Å². The Balaban J connectivity index is 1.42. The van der Waals surface area contributed by atoms with Crippen molar-refractivity contribution in [2.45, 2.75) is 37.5 Å². The molecule has 1 aliphatic heterocycles. The molecule has 2 aromatic carbocycles. The van der Waals surface area contributed by atoms with Crippen molar-refractivity contribution in [1.29, 1.82) is 0 Å². The number of sulfonamides is 1. The molecule has 0 atom stereocenters. The number of carbonyl (C=O) groups is 1. The molecule has 2 aromatic rings. The SMILES string of the molecule is Cc1ccc(CCC2CCN(CC(=O)Nc3cccc(S(N)(=O)=O)c3)CC2)cc1. The van der Waals surface area contributed by atoms with Gasteiger partial charge in [-0.2, -0.15) is 0 Å². The van der Waals surface area contributed by atoms with Gasteiger partial charge in [0, 0.05) is 5.69 Å². The van der Waals surface area contributed by atoms with Gasteiger partial charge in [-0.15, -0.1) is 0 Å². The first-order valence-corrected chi connectivity index (χ1v) is 11.5. The number of nitrogens with two attached hydrogens (primary N) is 1. The minimum Gasteiger partial charge on any atom is -0.325 e. The third-order valence-corrected chi connectivity index (χ3v) is 6.39. The van der Waals surface area contributed by atoms with Crippen molar-refractivity contribution in [2.24, 2.45) is 11.1 Å². The molecule has 0 unspecified atom stereocenters. The van der Waals surface area contributed by atoms with Gasteiger partial charge >= 0.3 is 0 Å². The molecule has 3 rings (SSSR count). The highest BCUT2D eigenvalue weighted by molar-refractivity contribution is 7.89. The topological polar surface area (TPSA) is 92.5 Å². The van der Waals surface area contributed by atoms with E-state index < -0.39 is 10.0 Å². The molecule has 1 heterocycles. The fourth-order valence-electron chi connectivity index (χ4n) is 3.71. The lowest BCUT2D eigenvalue weighted by Crippen LogP contribution is -2.39. The molecule has 1 aliphatic rings. The summed E-state index contributed by atoms with van der Waals surface area (Å²) in [5.41, 5.74) is 3.12. The Morgan fingerprint density at radius 1 is 1.14 bits per heavy atom. The first-order chi connectivity index (χ1) is 13.8. The maximum Gasteiger partial charge on any atom is 0.238 e. The van der Waals surface area contributed by atoms with Gasteiger partial charge in [-0.3, -0.25) is 9.69 Å². The Labute approximate surface area is 173 Å². The second kappa shape index (κ2) is 9.52. The van der Waals surface area contributed by atoms with Gasteiger partial charge in [0.05, 0.1) is 11.4 Å². The summed E-state index contributed by atoms with van der Waals surface area (Å²) in [6.45, 7) is 4.23. The number of carbonyl (C=O) groups excluding carboxylic acids is 1. The first-order valence-electron chi connectivity index (χ1n) is 10.0. The molecular weight excluding hydrogens is 386 g/mol. The van der Waals surface area contributed by atoms with Crippen LogP contribution in [0.15, 0.2) is 53.4 Å². The van der Waals surface area contributed by atoms with Crippen molar-refractivity contribution in [2.75, 3.05) is 25.0 Å². The number of nitrogens with zero attached hydrogens (tertiary/aromatic N) is 1. The maximum absolute atomic E-state index is 12.3. The van der Waals surface area contributed by atoms with E-state index in [0.29, 0.717) is 18.2 Å². The average Bonchev–Trinajstić information content (AvgIpc) is 2.68. The summed E-state index contributed by atoms with van der Waals surface area (Å²) < 4.78 is 22.9. The van der Waals surface area contributed by atoms with Gasteiger partial charge in [-0.05, 0) is 75.4 Å². The van der Waals surface area contributed by atoms with E-state index in [4.69, 9.17) is 5.14 Å². The third kappa shape index (κ3) is 6.66. The van der Waals surface area contributed by atoms with Gasteiger partial charge in [0.25, 0.3) is 0 Å². The average molecular weight is 416 g/mol. The maximum atomic E-state index is 12.3. The van der Waals surface area contributed by atoms with Crippen molar-refractivity contribution in [3.63, 3.8) is 0 Å². The Morgan fingerprint density at radius 2 is 1.83 bits per heavy atom. The van der Waals surface area contributed by atoms with Crippen LogP contribution in [-0.4, -0.2) is 38.9 Å². The van der Waals surface area contributed by atoms with E-state index in [0.717, 1.165) is 32.4 Å². The molecule has 1 fully saturated rings. The van der Waals surface area contributed by atoms with Gasteiger partial charge in [0.2, 0.25) is 15.9 Å². The number of aryl methyl sites for hydroxylation is 2. The first kappa shape index (κ1) is 21.5. The number of hydrogen-bond acceptors (Lipinski definition) is 4. The van der Waals surface area contributed by atoms with E-state index in [9.17, 15) is 13.2 Å². The number of hydrogen-bond donors (Lipinski definition) is 2. The molecule has 0 radical (unpaired) electrons. The van der Waals surface area contributed by atoms with E-state index in [1.54, 1.807) is 12.1 Å². The molecule has 1 saturated heterocycles. The number of likely N-dealkylation sites (tertiary alicyclic amines) is 1. The van der Waals surface area contributed by atoms with Crippen LogP contribution in [0.25, 0.3) is 0 Å². The van der Waals surface area contributed by atoms with Crippen molar-refractivity contribution in [3.05, 3.63) is 59.7 Å². The van der Waals surface area contributed by atoms with Crippen molar-refractivity contribution in [1.82, 2.24) is 4.90 Å². The largest absolute Gasteiger partial charge is 0.325 e. The Hall–Kier alpha value is -2.22. The molecule has 1 amide bonds. The predicted molar refractivity (Wildman–Crippen MR) is 115 cm³/mol. The van der Waals surface area contributed by atoms with Crippen molar-refractivity contribution < 1.29 is 13.2 Å². The summed E-state index contributed by atoms with van der Waals surface area (Å²) in [6, 6.07) is 14.7. The predicted octanol–water partition coefficient (Wildman–Crippen LogP) is 2.93. The number of piperidine rings is 1. The number of benzene rings is 2. The molecule has 0 aromatic heterocycles. The quantitative estimate of drug-likeness (QED) is 0.727. The molecule has 7 heteroatoms. The highest BCUT2D eigenvalue weighted by Gasteiger charge is 2.21. The molecule has 29 heavy (non-hydrogen) atoms. The van der Waals surface area contributed by atoms with Crippen LogP contribution in [0.5, 0.6) is 0 Å². The summed E-state index contributed by atoms with van der Waals surface area (Å²) in [4.78, 5) is 14.5. The van der Waals surface area contributed by atoms with E-state index in [-0.39, 0.29) is 10.8 Å². The molecule has 0 spiro atoms. The van der Waals surface area contributed by atoms with E-state index in [1.807, 2.05) is 0 Å². The Kier molecular flexibility index (Phi) is 7.05.